The number of hydrogen-bond donors (Lipinski definition) is 0. The number of aromatic nitrogens is 4. The molecule has 4 heterocycles. The van der Waals surface area contributed by atoms with E-state index in [1.165, 1.54) is 12.0 Å². The molecule has 154 valence electrons. The molecular weight excluding hydrogens is 376 g/mol. The first-order valence-corrected chi connectivity index (χ1v) is 10.8. The molecule has 7 nitrogen and oxygen atoms in total. The van der Waals surface area contributed by atoms with Crippen molar-refractivity contribution in [3.63, 3.8) is 0 Å². The van der Waals surface area contributed by atoms with Crippen molar-refractivity contribution in [3.8, 4) is 5.82 Å². The molecule has 1 saturated carbocycles. The third kappa shape index (κ3) is 2.68. The van der Waals surface area contributed by atoms with Crippen LogP contribution in [0.5, 0.6) is 0 Å². The zero-order valence-corrected chi connectivity index (χ0v) is 17.3. The van der Waals surface area contributed by atoms with Gasteiger partial charge in [0.15, 0.2) is 5.82 Å². The van der Waals surface area contributed by atoms with Crippen LogP contribution < -0.4 is 4.90 Å². The Morgan fingerprint density at radius 1 is 1.10 bits per heavy atom. The fourth-order valence-corrected chi connectivity index (χ4v) is 5.26. The Kier molecular flexibility index (Phi) is 3.96. The maximum absolute atomic E-state index is 5.60. The second-order valence-corrected chi connectivity index (χ2v) is 9.12. The lowest BCUT2D eigenvalue weighted by Crippen LogP contribution is -2.57. The average molecular weight is 403 g/mol. The molecule has 2 aromatic heterocycles. The molecule has 0 radical (unpaired) electrons. The van der Waals surface area contributed by atoms with Gasteiger partial charge in [0.05, 0.1) is 18.3 Å². The van der Waals surface area contributed by atoms with Crippen LogP contribution in [-0.4, -0.2) is 59.3 Å². The molecule has 3 aliphatic rings. The summed E-state index contributed by atoms with van der Waals surface area (Å²) in [5.74, 6) is 1.77. The molecule has 1 aliphatic carbocycles. The predicted molar refractivity (Wildman–Crippen MR) is 117 cm³/mol. The Morgan fingerprint density at radius 2 is 1.97 bits per heavy atom. The van der Waals surface area contributed by atoms with Gasteiger partial charge >= 0.3 is 0 Å². The van der Waals surface area contributed by atoms with Gasteiger partial charge in [0.2, 0.25) is 0 Å². The summed E-state index contributed by atoms with van der Waals surface area (Å²) in [5, 5.41) is 5.77. The summed E-state index contributed by atoms with van der Waals surface area (Å²) in [6.07, 6.45) is 10.4. The van der Waals surface area contributed by atoms with Crippen molar-refractivity contribution in [2.24, 2.45) is 10.4 Å². The number of hydrogen-bond acceptors (Lipinski definition) is 6. The monoisotopic (exact) mass is 402 g/mol. The van der Waals surface area contributed by atoms with E-state index in [1.54, 1.807) is 6.33 Å². The zero-order chi connectivity index (χ0) is 20.2. The van der Waals surface area contributed by atoms with Gasteiger partial charge in [0.1, 0.15) is 12.1 Å². The average Bonchev–Trinajstić information content (AvgIpc) is 3.36. The van der Waals surface area contributed by atoms with Crippen molar-refractivity contribution in [2.75, 3.05) is 38.3 Å². The second kappa shape index (κ2) is 6.60. The summed E-state index contributed by atoms with van der Waals surface area (Å²) in [4.78, 5) is 15.7. The van der Waals surface area contributed by atoms with Gasteiger partial charge in [0.25, 0.3) is 0 Å². The van der Waals surface area contributed by atoms with Gasteiger partial charge in [-0.3, -0.25) is 4.99 Å². The minimum atomic E-state index is 0.0736. The molecule has 0 atom stereocenters. The largest absolute Gasteiger partial charge is 0.381 e. The number of rotatable bonds is 4. The van der Waals surface area contributed by atoms with Crippen molar-refractivity contribution in [3.05, 3.63) is 42.4 Å². The summed E-state index contributed by atoms with van der Waals surface area (Å²) >= 11 is 0. The van der Waals surface area contributed by atoms with Gasteiger partial charge in [-0.05, 0) is 30.9 Å². The van der Waals surface area contributed by atoms with Crippen molar-refractivity contribution in [1.29, 1.82) is 0 Å². The standard InChI is InChI=1S/C23H26N6O/c1-24-12-23(5-2-6-23)18-4-3-17-11-27-29(19(17)9-18)21-10-20(25-16-26-21)28-13-22(14-28)7-8-30-15-22/h3-4,9-12,16H,2,5-8,13-15H2,1H3/b24-12-. The van der Waals surface area contributed by atoms with E-state index in [0.29, 0.717) is 5.41 Å². The smallest absolute Gasteiger partial charge is 0.159 e. The van der Waals surface area contributed by atoms with Gasteiger partial charge in [-0.25, -0.2) is 14.6 Å². The summed E-state index contributed by atoms with van der Waals surface area (Å²) in [6.45, 7) is 3.77. The van der Waals surface area contributed by atoms with Gasteiger partial charge in [-0.2, -0.15) is 5.10 Å². The van der Waals surface area contributed by atoms with Crippen molar-refractivity contribution < 1.29 is 4.74 Å². The van der Waals surface area contributed by atoms with E-state index < -0.39 is 0 Å². The molecule has 3 fully saturated rings. The van der Waals surface area contributed by atoms with Crippen LogP contribution in [0.2, 0.25) is 0 Å². The topological polar surface area (TPSA) is 68.4 Å². The number of benzene rings is 1. The highest BCUT2D eigenvalue weighted by Gasteiger charge is 2.46. The minimum Gasteiger partial charge on any atom is -0.381 e. The van der Waals surface area contributed by atoms with Crippen LogP contribution >= 0.6 is 0 Å². The molecule has 7 heteroatoms. The van der Waals surface area contributed by atoms with E-state index in [2.05, 4.69) is 49.4 Å². The van der Waals surface area contributed by atoms with E-state index in [0.717, 1.165) is 68.1 Å². The molecule has 0 bridgehead atoms. The van der Waals surface area contributed by atoms with Crippen LogP contribution in [0, 0.1) is 5.41 Å². The van der Waals surface area contributed by atoms with Gasteiger partial charge < -0.3 is 9.64 Å². The lowest BCUT2D eigenvalue weighted by atomic mass is 9.65. The molecule has 3 aromatic rings. The van der Waals surface area contributed by atoms with E-state index >= 15 is 0 Å². The first-order valence-electron chi connectivity index (χ1n) is 10.8. The summed E-state index contributed by atoms with van der Waals surface area (Å²) in [6, 6.07) is 8.71. The number of fused-ring (bicyclic) bond motifs is 1. The van der Waals surface area contributed by atoms with Crippen molar-refractivity contribution in [1.82, 2.24) is 19.7 Å². The minimum absolute atomic E-state index is 0.0736. The maximum atomic E-state index is 5.60. The van der Waals surface area contributed by atoms with Gasteiger partial charge in [-0.1, -0.05) is 18.6 Å². The molecule has 2 aliphatic heterocycles. The third-order valence-electron chi connectivity index (χ3n) is 7.18. The molecule has 0 N–H and O–H groups in total. The van der Waals surface area contributed by atoms with Crippen molar-refractivity contribution in [2.45, 2.75) is 31.1 Å². The highest BCUT2D eigenvalue weighted by molar-refractivity contribution is 5.84. The van der Waals surface area contributed by atoms with E-state index in [4.69, 9.17) is 4.74 Å². The highest BCUT2D eigenvalue weighted by Crippen LogP contribution is 2.43. The Balaban J connectivity index is 1.34. The summed E-state index contributed by atoms with van der Waals surface area (Å²) < 4.78 is 7.54. The van der Waals surface area contributed by atoms with E-state index in [-0.39, 0.29) is 5.41 Å². The summed E-state index contributed by atoms with van der Waals surface area (Å²) in [7, 11) is 1.86. The van der Waals surface area contributed by atoms with E-state index in [9.17, 15) is 0 Å². The Bertz CT molecular complexity index is 1120. The SMILES string of the molecule is C/N=C\C1(c2ccc3cnn(-c4cc(N5CC6(CCOC6)C5)ncn4)c3c2)CCC1. The number of ether oxygens (including phenoxy) is 1. The van der Waals surface area contributed by atoms with Crippen LogP contribution in [0.4, 0.5) is 5.82 Å². The quantitative estimate of drug-likeness (QED) is 0.627. The molecule has 30 heavy (non-hydrogen) atoms. The second-order valence-electron chi connectivity index (χ2n) is 9.12. The van der Waals surface area contributed by atoms with E-state index in [1.807, 2.05) is 24.0 Å². The molecule has 0 amide bonds. The predicted octanol–water partition coefficient (Wildman–Crippen LogP) is 3.16. The summed E-state index contributed by atoms with van der Waals surface area (Å²) in [5.41, 5.74) is 2.80. The third-order valence-corrected chi connectivity index (χ3v) is 7.18. The fraction of sp³-hybridized carbons (Fsp3) is 0.478. The molecule has 1 aromatic carbocycles. The number of aliphatic imine (C=N–C) groups is 1. The van der Waals surface area contributed by atoms with Gasteiger partial charge in [0, 0.05) is 55.2 Å². The van der Waals surface area contributed by atoms with Crippen LogP contribution in [-0.2, 0) is 10.2 Å². The Labute approximate surface area is 175 Å². The van der Waals surface area contributed by atoms with Crippen LogP contribution in [0.3, 0.4) is 0 Å². The molecule has 0 unspecified atom stereocenters. The molecule has 2 saturated heterocycles. The van der Waals surface area contributed by atoms with Crippen LogP contribution in [0.25, 0.3) is 16.7 Å². The Morgan fingerprint density at radius 3 is 2.70 bits per heavy atom. The zero-order valence-electron chi connectivity index (χ0n) is 17.3. The number of anilines is 1. The molecule has 6 rings (SSSR count). The first kappa shape index (κ1) is 18.0. The fourth-order valence-electron chi connectivity index (χ4n) is 5.26. The van der Waals surface area contributed by atoms with Crippen molar-refractivity contribution >= 4 is 22.9 Å². The van der Waals surface area contributed by atoms with Crippen LogP contribution in [0.15, 0.2) is 41.8 Å². The first-order chi connectivity index (χ1) is 14.7. The molecule has 1 spiro atoms. The maximum Gasteiger partial charge on any atom is 0.159 e. The molecular formula is C23H26N6O. The highest BCUT2D eigenvalue weighted by atomic mass is 16.5. The lowest BCUT2D eigenvalue weighted by molar-refractivity contribution is 0.131. The van der Waals surface area contributed by atoms with Gasteiger partial charge in [-0.15, -0.1) is 0 Å². The lowest BCUT2D eigenvalue weighted by Gasteiger charge is -2.47. The Hall–Kier alpha value is -2.80. The number of nitrogens with zero attached hydrogens (tertiary/aromatic N) is 6. The van der Waals surface area contributed by atoms with Crippen LogP contribution in [0.1, 0.15) is 31.2 Å². The normalized spacial score (nSPS) is 22.0.